The average Bonchev–Trinajstić information content (AvgIpc) is 2.60. The zero-order chi connectivity index (χ0) is 13.9. The van der Waals surface area contributed by atoms with Crippen molar-refractivity contribution in [2.45, 2.75) is 24.3 Å². The standard InChI is InChI=1S/C9H9BrN2O4S2/c1-5(2-3-11)12-18(15,16)7-4-6(9(13)14)17-8(7)10/h4-5,12H,2H2,1H3,(H,13,14). The number of hydrogen-bond acceptors (Lipinski definition) is 5. The van der Waals surface area contributed by atoms with E-state index in [4.69, 9.17) is 10.4 Å². The molecule has 0 saturated carbocycles. The third-order valence-corrected chi connectivity index (χ3v) is 5.74. The van der Waals surface area contributed by atoms with Gasteiger partial charge in [0.1, 0.15) is 9.77 Å². The molecule has 1 heterocycles. The molecular weight excluding hydrogens is 344 g/mol. The highest BCUT2D eigenvalue weighted by atomic mass is 79.9. The number of aromatic carboxylic acids is 1. The van der Waals surface area contributed by atoms with E-state index in [1.54, 1.807) is 6.92 Å². The minimum Gasteiger partial charge on any atom is -0.477 e. The molecule has 0 aliphatic heterocycles. The lowest BCUT2D eigenvalue weighted by Gasteiger charge is -2.10. The highest BCUT2D eigenvalue weighted by Crippen LogP contribution is 2.31. The van der Waals surface area contributed by atoms with Crippen LogP contribution in [0.15, 0.2) is 14.7 Å². The first kappa shape index (κ1) is 15.1. The summed E-state index contributed by atoms with van der Waals surface area (Å²) in [7, 11) is -3.83. The van der Waals surface area contributed by atoms with Crippen molar-refractivity contribution in [1.82, 2.24) is 4.72 Å². The van der Waals surface area contributed by atoms with Gasteiger partial charge in [0.25, 0.3) is 0 Å². The van der Waals surface area contributed by atoms with Crippen LogP contribution in [0, 0.1) is 11.3 Å². The van der Waals surface area contributed by atoms with Gasteiger partial charge in [-0.05, 0) is 28.9 Å². The Bertz CT molecular complexity index is 603. The van der Waals surface area contributed by atoms with Gasteiger partial charge in [-0.2, -0.15) is 5.26 Å². The first-order chi connectivity index (χ1) is 8.27. The SMILES string of the molecule is CC(CC#N)NS(=O)(=O)c1cc(C(=O)O)sc1Br. The lowest BCUT2D eigenvalue weighted by molar-refractivity contribution is 0.0702. The predicted octanol–water partition coefficient (Wildman–Crippen LogP) is 1.79. The second kappa shape index (κ2) is 5.79. The van der Waals surface area contributed by atoms with E-state index in [-0.39, 0.29) is 20.0 Å². The molecule has 6 nitrogen and oxygen atoms in total. The minimum absolute atomic E-state index is 0.0345. The van der Waals surface area contributed by atoms with Gasteiger partial charge in [0.05, 0.1) is 16.3 Å². The third-order valence-electron chi connectivity index (χ3n) is 1.91. The second-order valence-electron chi connectivity index (χ2n) is 3.44. The van der Waals surface area contributed by atoms with E-state index < -0.39 is 22.0 Å². The first-order valence-corrected chi connectivity index (χ1v) is 7.79. The largest absolute Gasteiger partial charge is 0.477 e. The fourth-order valence-corrected chi connectivity index (χ4v) is 4.79. The summed E-state index contributed by atoms with van der Waals surface area (Å²) in [5, 5.41) is 17.3. The zero-order valence-corrected chi connectivity index (χ0v) is 12.4. The van der Waals surface area contributed by atoms with Crippen molar-refractivity contribution < 1.29 is 18.3 Å². The molecule has 1 atom stereocenters. The molecule has 2 N–H and O–H groups in total. The van der Waals surface area contributed by atoms with Crippen molar-refractivity contribution >= 4 is 43.3 Å². The number of carbonyl (C=O) groups is 1. The molecule has 0 spiro atoms. The number of rotatable bonds is 5. The minimum atomic E-state index is -3.83. The van der Waals surface area contributed by atoms with E-state index in [1.807, 2.05) is 6.07 Å². The molecule has 98 valence electrons. The van der Waals surface area contributed by atoms with Crippen LogP contribution in [0.2, 0.25) is 0 Å². The molecule has 0 fully saturated rings. The highest BCUT2D eigenvalue weighted by Gasteiger charge is 2.24. The van der Waals surface area contributed by atoms with E-state index >= 15 is 0 Å². The quantitative estimate of drug-likeness (QED) is 0.839. The number of hydrogen-bond donors (Lipinski definition) is 2. The summed E-state index contributed by atoms with van der Waals surface area (Å²) in [6.45, 7) is 1.55. The molecule has 1 aromatic heterocycles. The number of carboxylic acid groups (broad SMARTS) is 1. The molecule has 18 heavy (non-hydrogen) atoms. The van der Waals surface area contributed by atoms with Crippen LogP contribution in [0.25, 0.3) is 0 Å². The van der Waals surface area contributed by atoms with E-state index in [0.717, 1.165) is 17.4 Å². The maximum absolute atomic E-state index is 11.9. The van der Waals surface area contributed by atoms with Gasteiger partial charge in [0.2, 0.25) is 10.0 Å². The summed E-state index contributed by atoms with van der Waals surface area (Å²) in [5.41, 5.74) is 0. The van der Waals surface area contributed by atoms with Crippen molar-refractivity contribution in [1.29, 1.82) is 5.26 Å². The molecule has 9 heteroatoms. The van der Waals surface area contributed by atoms with Crippen molar-refractivity contribution in [3.05, 3.63) is 14.7 Å². The van der Waals surface area contributed by atoms with E-state index in [9.17, 15) is 13.2 Å². The first-order valence-electron chi connectivity index (χ1n) is 4.70. The van der Waals surface area contributed by atoms with Crippen LogP contribution in [0.4, 0.5) is 0 Å². The molecule has 0 saturated heterocycles. The molecule has 0 radical (unpaired) electrons. The molecule has 0 aliphatic carbocycles. The molecule has 1 rings (SSSR count). The normalized spacial score (nSPS) is 12.9. The maximum Gasteiger partial charge on any atom is 0.345 e. The Morgan fingerprint density at radius 3 is 2.78 bits per heavy atom. The van der Waals surface area contributed by atoms with Gasteiger partial charge in [-0.3, -0.25) is 0 Å². The van der Waals surface area contributed by atoms with Crippen LogP contribution < -0.4 is 4.72 Å². The highest BCUT2D eigenvalue weighted by molar-refractivity contribution is 9.11. The summed E-state index contributed by atoms with van der Waals surface area (Å²) in [6, 6.07) is 2.39. The summed E-state index contributed by atoms with van der Waals surface area (Å²) in [4.78, 5) is 10.5. The van der Waals surface area contributed by atoms with Crippen molar-refractivity contribution in [2.24, 2.45) is 0 Å². The molecule has 0 bridgehead atoms. The van der Waals surface area contributed by atoms with Gasteiger partial charge in [0, 0.05) is 6.04 Å². The van der Waals surface area contributed by atoms with E-state index in [2.05, 4.69) is 20.7 Å². The fourth-order valence-electron chi connectivity index (χ4n) is 1.15. The van der Waals surface area contributed by atoms with Gasteiger partial charge in [0.15, 0.2) is 0 Å². The van der Waals surface area contributed by atoms with E-state index in [1.165, 1.54) is 0 Å². The Kier molecular flexibility index (Phi) is 4.86. The molecule has 0 aromatic carbocycles. The Hall–Kier alpha value is -0.950. The van der Waals surface area contributed by atoms with Crippen molar-refractivity contribution in [3.63, 3.8) is 0 Å². The number of sulfonamides is 1. The van der Waals surface area contributed by atoms with Crippen molar-refractivity contribution in [3.8, 4) is 6.07 Å². The van der Waals surface area contributed by atoms with Crippen LogP contribution in [0.1, 0.15) is 23.0 Å². The summed E-state index contributed by atoms with van der Waals surface area (Å²) < 4.78 is 26.4. The number of nitriles is 1. The summed E-state index contributed by atoms with van der Waals surface area (Å²) in [6.07, 6.45) is 0.0345. The van der Waals surface area contributed by atoms with Gasteiger partial charge in [-0.1, -0.05) is 0 Å². The van der Waals surface area contributed by atoms with Crippen LogP contribution in [0.5, 0.6) is 0 Å². The second-order valence-corrected chi connectivity index (χ2v) is 7.49. The smallest absolute Gasteiger partial charge is 0.345 e. The average molecular weight is 353 g/mol. The summed E-state index contributed by atoms with van der Waals surface area (Å²) in [5.74, 6) is -1.19. The van der Waals surface area contributed by atoms with Gasteiger partial charge in [-0.15, -0.1) is 11.3 Å². The van der Waals surface area contributed by atoms with Crippen molar-refractivity contribution in [2.75, 3.05) is 0 Å². The number of thiophene rings is 1. The zero-order valence-electron chi connectivity index (χ0n) is 9.18. The third kappa shape index (κ3) is 3.52. The Balaban J connectivity index is 3.06. The van der Waals surface area contributed by atoms with E-state index in [0.29, 0.717) is 0 Å². The maximum atomic E-state index is 11.9. The van der Waals surface area contributed by atoms with Crippen LogP contribution in [-0.4, -0.2) is 25.5 Å². The number of nitrogens with one attached hydrogen (secondary N) is 1. The lowest BCUT2D eigenvalue weighted by atomic mass is 10.3. The predicted molar refractivity (Wildman–Crippen MR) is 69.0 cm³/mol. The molecule has 0 amide bonds. The van der Waals surface area contributed by atoms with Crippen LogP contribution in [0.3, 0.4) is 0 Å². The monoisotopic (exact) mass is 352 g/mol. The van der Waals surface area contributed by atoms with Crippen LogP contribution in [-0.2, 0) is 10.0 Å². The van der Waals surface area contributed by atoms with Gasteiger partial charge < -0.3 is 5.11 Å². The van der Waals surface area contributed by atoms with Gasteiger partial charge >= 0.3 is 5.97 Å². The molecule has 1 unspecified atom stereocenters. The molecule has 0 aliphatic rings. The summed E-state index contributed by atoms with van der Waals surface area (Å²) >= 11 is 3.84. The Labute approximate surface area is 116 Å². The number of carboxylic acids is 1. The lowest BCUT2D eigenvalue weighted by Crippen LogP contribution is -2.32. The number of nitrogens with zero attached hydrogens (tertiary/aromatic N) is 1. The van der Waals surface area contributed by atoms with Gasteiger partial charge in [-0.25, -0.2) is 17.9 Å². The Morgan fingerprint density at radius 2 is 2.33 bits per heavy atom. The van der Waals surface area contributed by atoms with Crippen LogP contribution >= 0.6 is 27.3 Å². The number of halogens is 1. The Morgan fingerprint density at radius 1 is 1.72 bits per heavy atom. The molecular formula is C9H9BrN2O4S2. The topological polar surface area (TPSA) is 107 Å². The molecule has 1 aromatic rings. The fraction of sp³-hybridized carbons (Fsp3) is 0.333.